The maximum absolute atomic E-state index is 5.48. The van der Waals surface area contributed by atoms with Crippen LogP contribution in [0.3, 0.4) is 0 Å². The fraction of sp³-hybridized carbons (Fsp3) is 0.692. The molecule has 0 radical (unpaired) electrons. The van der Waals surface area contributed by atoms with Gasteiger partial charge >= 0.3 is 0 Å². The van der Waals surface area contributed by atoms with Crippen molar-refractivity contribution in [1.82, 2.24) is 14.9 Å². The molecule has 1 aliphatic rings. The topological polar surface area (TPSA) is 79.5 Å². The third-order valence-electron chi connectivity index (χ3n) is 3.49. The van der Waals surface area contributed by atoms with E-state index >= 15 is 0 Å². The first-order valence-corrected chi connectivity index (χ1v) is 7.16. The minimum absolute atomic E-state index is 0.411. The third kappa shape index (κ3) is 3.78. The average Bonchev–Trinajstić information content (AvgIpc) is 2.52. The lowest BCUT2D eigenvalue weighted by molar-refractivity contribution is 0.128. The normalized spacial score (nSPS) is 16.4. The van der Waals surface area contributed by atoms with Crippen LogP contribution >= 0.6 is 0 Å². The Morgan fingerprint density at radius 3 is 2.60 bits per heavy atom. The molecular formula is C13H24N6O. The molecule has 1 aliphatic heterocycles. The van der Waals surface area contributed by atoms with E-state index in [1.165, 1.54) is 0 Å². The Morgan fingerprint density at radius 1 is 1.25 bits per heavy atom. The highest BCUT2D eigenvalue weighted by molar-refractivity contribution is 5.49. The molecule has 0 saturated carbocycles. The molecule has 0 amide bonds. The molecular weight excluding hydrogens is 256 g/mol. The highest BCUT2D eigenvalue weighted by atomic mass is 16.5. The van der Waals surface area contributed by atoms with Crippen molar-refractivity contribution in [2.45, 2.75) is 20.5 Å². The van der Waals surface area contributed by atoms with Gasteiger partial charge in [-0.05, 0) is 13.5 Å². The number of hydrogen-bond donors (Lipinski definition) is 2. The van der Waals surface area contributed by atoms with Crippen LogP contribution in [-0.4, -0.2) is 54.2 Å². The van der Waals surface area contributed by atoms with Crippen molar-refractivity contribution >= 4 is 11.6 Å². The standard InChI is InChI=1S/C13H24N6O/c1-3-18-5-7-19(8-6-18)13-9-11(17-14)15-12(16-13)10-20-4-2/h9H,3-8,10,14H2,1-2H3,(H,15,16,17). The minimum Gasteiger partial charge on any atom is -0.374 e. The van der Waals surface area contributed by atoms with Gasteiger partial charge in [0.05, 0.1) is 0 Å². The van der Waals surface area contributed by atoms with Crippen LogP contribution in [0, 0.1) is 0 Å². The van der Waals surface area contributed by atoms with Gasteiger partial charge in [0.2, 0.25) is 0 Å². The van der Waals surface area contributed by atoms with Crippen LogP contribution in [0.4, 0.5) is 11.6 Å². The van der Waals surface area contributed by atoms with Crippen molar-refractivity contribution in [3.8, 4) is 0 Å². The summed E-state index contributed by atoms with van der Waals surface area (Å²) in [6.07, 6.45) is 0. The van der Waals surface area contributed by atoms with Crippen molar-refractivity contribution in [2.75, 3.05) is 49.7 Å². The molecule has 0 bridgehead atoms. The van der Waals surface area contributed by atoms with Gasteiger partial charge < -0.3 is 20.0 Å². The molecule has 0 aromatic carbocycles. The summed E-state index contributed by atoms with van der Waals surface area (Å²) in [6, 6.07) is 1.89. The van der Waals surface area contributed by atoms with Crippen LogP contribution in [0.5, 0.6) is 0 Å². The smallest absolute Gasteiger partial charge is 0.158 e. The third-order valence-corrected chi connectivity index (χ3v) is 3.49. The number of ether oxygens (including phenoxy) is 1. The van der Waals surface area contributed by atoms with Crippen LogP contribution in [-0.2, 0) is 11.3 Å². The molecule has 0 spiro atoms. The second kappa shape index (κ2) is 7.37. The molecule has 20 heavy (non-hydrogen) atoms. The molecule has 0 unspecified atom stereocenters. The number of hydrazine groups is 1. The summed E-state index contributed by atoms with van der Waals surface area (Å²) in [4.78, 5) is 13.6. The number of likely N-dealkylation sites (N-methyl/N-ethyl adjacent to an activating group) is 1. The first kappa shape index (κ1) is 15.0. The summed E-state index contributed by atoms with van der Waals surface area (Å²) in [6.45, 7) is 10.4. The van der Waals surface area contributed by atoms with E-state index in [1.807, 2.05) is 13.0 Å². The average molecular weight is 280 g/mol. The lowest BCUT2D eigenvalue weighted by atomic mass is 10.3. The van der Waals surface area contributed by atoms with Crippen LogP contribution < -0.4 is 16.2 Å². The zero-order valence-corrected chi connectivity index (χ0v) is 12.3. The van der Waals surface area contributed by atoms with E-state index in [2.05, 4.69) is 32.1 Å². The molecule has 0 atom stereocenters. The molecule has 1 fully saturated rings. The number of nitrogen functional groups attached to an aromatic ring is 1. The predicted octanol–water partition coefficient (Wildman–Crippen LogP) is 0.441. The van der Waals surface area contributed by atoms with E-state index in [0.717, 1.165) is 38.5 Å². The number of anilines is 2. The van der Waals surface area contributed by atoms with Gasteiger partial charge in [0.1, 0.15) is 18.2 Å². The Labute approximate surface area is 120 Å². The fourth-order valence-corrected chi connectivity index (χ4v) is 2.27. The number of rotatable bonds is 6. The van der Waals surface area contributed by atoms with Gasteiger partial charge in [0.25, 0.3) is 0 Å². The minimum atomic E-state index is 0.411. The molecule has 1 aromatic heterocycles. The SMILES string of the molecule is CCOCc1nc(NN)cc(N2CCN(CC)CC2)n1. The monoisotopic (exact) mass is 280 g/mol. The molecule has 7 heteroatoms. The summed E-state index contributed by atoms with van der Waals surface area (Å²) in [5.41, 5.74) is 2.60. The second-order valence-electron chi connectivity index (χ2n) is 4.73. The summed E-state index contributed by atoms with van der Waals surface area (Å²) in [5, 5.41) is 0. The van der Waals surface area contributed by atoms with Crippen LogP contribution in [0.2, 0.25) is 0 Å². The Hall–Kier alpha value is -1.44. The molecule has 7 nitrogen and oxygen atoms in total. The maximum atomic E-state index is 5.48. The van der Waals surface area contributed by atoms with Gasteiger partial charge in [0.15, 0.2) is 5.82 Å². The summed E-state index contributed by atoms with van der Waals surface area (Å²) in [7, 11) is 0. The van der Waals surface area contributed by atoms with Gasteiger partial charge in [-0.2, -0.15) is 0 Å². The quantitative estimate of drug-likeness (QED) is 0.578. The molecule has 1 aromatic rings. The zero-order valence-electron chi connectivity index (χ0n) is 12.3. The molecule has 112 valence electrons. The van der Waals surface area contributed by atoms with E-state index in [1.54, 1.807) is 0 Å². The van der Waals surface area contributed by atoms with E-state index in [9.17, 15) is 0 Å². The van der Waals surface area contributed by atoms with Crippen LogP contribution in [0.25, 0.3) is 0 Å². The first-order valence-electron chi connectivity index (χ1n) is 7.16. The van der Waals surface area contributed by atoms with Gasteiger partial charge in [-0.15, -0.1) is 0 Å². The van der Waals surface area contributed by atoms with E-state index in [4.69, 9.17) is 10.6 Å². The highest BCUT2D eigenvalue weighted by Gasteiger charge is 2.18. The Kier molecular flexibility index (Phi) is 5.51. The largest absolute Gasteiger partial charge is 0.374 e. The predicted molar refractivity (Wildman–Crippen MR) is 79.5 cm³/mol. The van der Waals surface area contributed by atoms with E-state index < -0.39 is 0 Å². The fourth-order valence-electron chi connectivity index (χ4n) is 2.27. The lowest BCUT2D eigenvalue weighted by Gasteiger charge is -2.34. The number of aromatic nitrogens is 2. The van der Waals surface area contributed by atoms with Crippen molar-refractivity contribution in [2.24, 2.45) is 5.84 Å². The number of nitrogens with zero attached hydrogens (tertiary/aromatic N) is 4. The van der Waals surface area contributed by atoms with Crippen molar-refractivity contribution < 1.29 is 4.74 Å². The Bertz CT molecular complexity index is 419. The number of hydrogen-bond acceptors (Lipinski definition) is 7. The highest BCUT2D eigenvalue weighted by Crippen LogP contribution is 2.17. The lowest BCUT2D eigenvalue weighted by Crippen LogP contribution is -2.46. The second-order valence-corrected chi connectivity index (χ2v) is 4.73. The van der Waals surface area contributed by atoms with E-state index in [0.29, 0.717) is 24.9 Å². The molecule has 0 aliphatic carbocycles. The summed E-state index contributed by atoms with van der Waals surface area (Å²) < 4.78 is 5.38. The molecule has 3 N–H and O–H groups in total. The molecule has 2 rings (SSSR count). The molecule has 1 saturated heterocycles. The van der Waals surface area contributed by atoms with Crippen molar-refractivity contribution in [3.63, 3.8) is 0 Å². The van der Waals surface area contributed by atoms with E-state index in [-0.39, 0.29) is 0 Å². The van der Waals surface area contributed by atoms with Gasteiger partial charge in [-0.25, -0.2) is 15.8 Å². The number of nitrogens with two attached hydrogens (primary N) is 1. The molecule has 2 heterocycles. The summed E-state index contributed by atoms with van der Waals surface area (Å²) in [5.74, 6) is 7.69. The number of nitrogens with one attached hydrogen (secondary N) is 1. The van der Waals surface area contributed by atoms with Crippen LogP contribution in [0.1, 0.15) is 19.7 Å². The Balaban J connectivity index is 2.10. The summed E-state index contributed by atoms with van der Waals surface area (Å²) >= 11 is 0. The maximum Gasteiger partial charge on any atom is 0.158 e. The van der Waals surface area contributed by atoms with Crippen molar-refractivity contribution in [3.05, 3.63) is 11.9 Å². The van der Waals surface area contributed by atoms with Crippen molar-refractivity contribution in [1.29, 1.82) is 0 Å². The van der Waals surface area contributed by atoms with Gasteiger partial charge in [-0.3, -0.25) is 0 Å². The zero-order chi connectivity index (χ0) is 14.4. The Morgan fingerprint density at radius 2 is 2.00 bits per heavy atom. The first-order chi connectivity index (χ1) is 9.76. The van der Waals surface area contributed by atoms with Gasteiger partial charge in [0, 0.05) is 38.9 Å². The number of piperazine rings is 1. The van der Waals surface area contributed by atoms with Crippen LogP contribution in [0.15, 0.2) is 6.07 Å². The van der Waals surface area contributed by atoms with Gasteiger partial charge in [-0.1, -0.05) is 6.92 Å².